The maximum atomic E-state index is 11.6. The number of aromatic hydroxyl groups is 1. The Morgan fingerprint density at radius 2 is 1.92 bits per heavy atom. The number of ether oxygens (including phenoxy) is 1. The van der Waals surface area contributed by atoms with E-state index in [0.717, 1.165) is 11.3 Å². The van der Waals surface area contributed by atoms with Crippen molar-refractivity contribution in [1.82, 2.24) is 0 Å². The molecule has 0 amide bonds. The quantitative estimate of drug-likeness (QED) is 0.475. The standard InChI is InChI=1S/C20H23ClO4S/c1-3-4-18-19(10-9-17(13(2)22)20(18)24)25-11-15(23)12-26-16-7-5-14(21)6-8-16/h5-10,15,23-24H,3-4,11-12H2,1-2H3. The first-order valence-electron chi connectivity index (χ1n) is 8.47. The molecule has 0 saturated carbocycles. The van der Waals surface area contributed by atoms with E-state index in [4.69, 9.17) is 16.3 Å². The Balaban J connectivity index is 1.98. The van der Waals surface area contributed by atoms with E-state index in [1.807, 2.05) is 31.2 Å². The number of benzene rings is 2. The molecule has 0 aromatic heterocycles. The van der Waals surface area contributed by atoms with Gasteiger partial charge in [-0.25, -0.2) is 0 Å². The molecule has 0 aliphatic carbocycles. The van der Waals surface area contributed by atoms with Crippen molar-refractivity contribution in [2.24, 2.45) is 0 Å². The fraction of sp³-hybridized carbons (Fsp3) is 0.350. The van der Waals surface area contributed by atoms with Crippen LogP contribution in [-0.2, 0) is 6.42 Å². The SMILES string of the molecule is CCCc1c(OCC(O)CSc2ccc(Cl)cc2)ccc(C(C)=O)c1O. The van der Waals surface area contributed by atoms with Gasteiger partial charge in [-0.2, -0.15) is 0 Å². The summed E-state index contributed by atoms with van der Waals surface area (Å²) in [6.07, 6.45) is 0.734. The third kappa shape index (κ3) is 5.66. The molecule has 2 aromatic rings. The molecule has 2 aromatic carbocycles. The number of phenols is 1. The lowest BCUT2D eigenvalue weighted by molar-refractivity contribution is 0.101. The minimum absolute atomic E-state index is 0.0260. The molecule has 2 rings (SSSR count). The van der Waals surface area contributed by atoms with Crippen LogP contribution in [0.4, 0.5) is 0 Å². The fourth-order valence-electron chi connectivity index (χ4n) is 2.49. The van der Waals surface area contributed by atoms with E-state index < -0.39 is 6.10 Å². The number of phenolic OH excluding ortho intramolecular Hbond substituents is 1. The van der Waals surface area contributed by atoms with E-state index in [-0.39, 0.29) is 18.1 Å². The van der Waals surface area contributed by atoms with E-state index in [2.05, 4.69) is 0 Å². The molecule has 0 bridgehead atoms. The summed E-state index contributed by atoms with van der Waals surface area (Å²) in [5, 5.41) is 21.2. The zero-order valence-electron chi connectivity index (χ0n) is 14.9. The van der Waals surface area contributed by atoms with Crippen molar-refractivity contribution in [2.75, 3.05) is 12.4 Å². The molecule has 0 heterocycles. The van der Waals surface area contributed by atoms with Gasteiger partial charge in [0, 0.05) is 21.2 Å². The third-order valence-electron chi connectivity index (χ3n) is 3.81. The maximum Gasteiger partial charge on any atom is 0.163 e. The summed E-state index contributed by atoms with van der Waals surface area (Å²) in [6, 6.07) is 10.7. The summed E-state index contributed by atoms with van der Waals surface area (Å²) in [5.41, 5.74) is 0.900. The van der Waals surface area contributed by atoms with Crippen LogP contribution >= 0.6 is 23.4 Å². The molecule has 0 radical (unpaired) electrons. The summed E-state index contributed by atoms with van der Waals surface area (Å²) in [7, 11) is 0. The Morgan fingerprint density at radius 1 is 1.23 bits per heavy atom. The molecule has 140 valence electrons. The molecule has 1 unspecified atom stereocenters. The summed E-state index contributed by atoms with van der Waals surface area (Å²) in [5.74, 6) is 0.764. The predicted molar refractivity (Wildman–Crippen MR) is 106 cm³/mol. The number of carbonyl (C=O) groups is 1. The number of carbonyl (C=O) groups excluding carboxylic acids is 1. The molecule has 2 N–H and O–H groups in total. The van der Waals surface area contributed by atoms with E-state index in [1.165, 1.54) is 18.7 Å². The Hall–Kier alpha value is -1.69. The molecule has 0 aliphatic rings. The minimum Gasteiger partial charge on any atom is -0.507 e. The van der Waals surface area contributed by atoms with Crippen LogP contribution in [0.15, 0.2) is 41.3 Å². The van der Waals surface area contributed by atoms with Gasteiger partial charge in [-0.3, -0.25) is 4.79 Å². The van der Waals surface area contributed by atoms with Gasteiger partial charge in [0.05, 0.1) is 11.7 Å². The Kier molecular flexibility index (Phi) is 7.82. The van der Waals surface area contributed by atoms with Gasteiger partial charge < -0.3 is 14.9 Å². The Labute approximate surface area is 163 Å². The van der Waals surface area contributed by atoms with Crippen molar-refractivity contribution in [2.45, 2.75) is 37.7 Å². The number of halogens is 1. The van der Waals surface area contributed by atoms with Crippen molar-refractivity contribution in [3.8, 4) is 11.5 Å². The van der Waals surface area contributed by atoms with E-state index in [9.17, 15) is 15.0 Å². The molecule has 0 aliphatic heterocycles. The fourth-order valence-corrected chi connectivity index (χ4v) is 3.42. The van der Waals surface area contributed by atoms with Crippen LogP contribution in [-0.4, -0.2) is 34.5 Å². The van der Waals surface area contributed by atoms with Gasteiger partial charge in [0.1, 0.15) is 18.1 Å². The highest BCUT2D eigenvalue weighted by Crippen LogP contribution is 2.33. The number of thioether (sulfide) groups is 1. The average Bonchev–Trinajstić information content (AvgIpc) is 2.61. The molecule has 0 fully saturated rings. The van der Waals surface area contributed by atoms with Crippen molar-refractivity contribution in [1.29, 1.82) is 0 Å². The molecule has 1 atom stereocenters. The Morgan fingerprint density at radius 3 is 2.54 bits per heavy atom. The summed E-state index contributed by atoms with van der Waals surface area (Å²) in [4.78, 5) is 12.6. The van der Waals surface area contributed by atoms with E-state index >= 15 is 0 Å². The zero-order valence-corrected chi connectivity index (χ0v) is 16.4. The van der Waals surface area contributed by atoms with Gasteiger partial charge in [0.25, 0.3) is 0 Å². The topological polar surface area (TPSA) is 66.8 Å². The number of aliphatic hydroxyl groups excluding tert-OH is 1. The van der Waals surface area contributed by atoms with Crippen molar-refractivity contribution >= 4 is 29.1 Å². The average molecular weight is 395 g/mol. The largest absolute Gasteiger partial charge is 0.507 e. The van der Waals surface area contributed by atoms with E-state index in [0.29, 0.717) is 34.1 Å². The van der Waals surface area contributed by atoms with Crippen LogP contribution in [0.25, 0.3) is 0 Å². The van der Waals surface area contributed by atoms with Gasteiger partial charge in [0.2, 0.25) is 0 Å². The van der Waals surface area contributed by atoms with Gasteiger partial charge in [0.15, 0.2) is 5.78 Å². The van der Waals surface area contributed by atoms with Crippen LogP contribution in [0.3, 0.4) is 0 Å². The second-order valence-corrected chi connectivity index (χ2v) is 7.50. The normalized spacial score (nSPS) is 12.0. The first kappa shape index (κ1) is 20.6. The summed E-state index contributed by atoms with van der Waals surface area (Å²) >= 11 is 7.37. The zero-order chi connectivity index (χ0) is 19.1. The highest BCUT2D eigenvalue weighted by atomic mass is 35.5. The van der Waals surface area contributed by atoms with Crippen molar-refractivity contribution < 1.29 is 19.7 Å². The molecule has 26 heavy (non-hydrogen) atoms. The number of aliphatic hydroxyl groups is 1. The van der Waals surface area contributed by atoms with Crippen LogP contribution in [0.2, 0.25) is 5.02 Å². The number of hydrogen-bond acceptors (Lipinski definition) is 5. The second kappa shape index (κ2) is 9.86. The molecule has 0 saturated heterocycles. The Bertz CT molecular complexity index is 746. The first-order chi connectivity index (χ1) is 12.4. The summed E-state index contributed by atoms with van der Waals surface area (Å²) < 4.78 is 5.72. The monoisotopic (exact) mass is 394 g/mol. The number of ketones is 1. The van der Waals surface area contributed by atoms with Gasteiger partial charge in [-0.15, -0.1) is 11.8 Å². The summed E-state index contributed by atoms with van der Waals surface area (Å²) in [6.45, 7) is 3.51. The lowest BCUT2D eigenvalue weighted by Gasteiger charge is -2.17. The van der Waals surface area contributed by atoms with Crippen LogP contribution in [0.1, 0.15) is 36.2 Å². The molecular formula is C20H23ClO4S. The van der Waals surface area contributed by atoms with Crippen LogP contribution < -0.4 is 4.74 Å². The molecule has 0 spiro atoms. The lowest BCUT2D eigenvalue weighted by Crippen LogP contribution is -2.20. The van der Waals surface area contributed by atoms with Gasteiger partial charge >= 0.3 is 0 Å². The number of Topliss-reactive ketones (excluding diaryl/α,β-unsaturated/α-hetero) is 1. The van der Waals surface area contributed by atoms with Crippen molar-refractivity contribution in [3.05, 3.63) is 52.5 Å². The number of rotatable bonds is 9. The minimum atomic E-state index is -0.667. The number of hydrogen-bond donors (Lipinski definition) is 2. The third-order valence-corrected chi connectivity index (χ3v) is 5.22. The first-order valence-corrected chi connectivity index (χ1v) is 9.83. The lowest BCUT2D eigenvalue weighted by atomic mass is 10.0. The van der Waals surface area contributed by atoms with Crippen LogP contribution in [0.5, 0.6) is 11.5 Å². The molecular weight excluding hydrogens is 372 g/mol. The van der Waals surface area contributed by atoms with Gasteiger partial charge in [-0.1, -0.05) is 24.9 Å². The maximum absolute atomic E-state index is 11.6. The highest BCUT2D eigenvalue weighted by Gasteiger charge is 2.17. The second-order valence-electron chi connectivity index (χ2n) is 5.97. The van der Waals surface area contributed by atoms with Crippen LogP contribution in [0, 0.1) is 0 Å². The molecule has 6 heteroatoms. The molecule has 4 nitrogen and oxygen atoms in total. The van der Waals surface area contributed by atoms with Gasteiger partial charge in [-0.05, 0) is 49.7 Å². The predicted octanol–water partition coefficient (Wildman–Crippen LogP) is 4.73. The van der Waals surface area contributed by atoms with E-state index in [1.54, 1.807) is 12.1 Å². The van der Waals surface area contributed by atoms with Crippen molar-refractivity contribution in [3.63, 3.8) is 0 Å². The highest BCUT2D eigenvalue weighted by molar-refractivity contribution is 7.99. The smallest absolute Gasteiger partial charge is 0.163 e.